The molecule has 1 aromatic carbocycles. The molecular formula is C17H30N2O. The van der Waals surface area contributed by atoms with Gasteiger partial charge in [0.25, 0.3) is 0 Å². The van der Waals surface area contributed by atoms with Crippen LogP contribution in [-0.2, 0) is 13.1 Å². The molecule has 0 atom stereocenters. The number of nitrogens with one attached hydrogen (secondary N) is 1. The standard InChI is InChI=1S/C17H30N2O/c1-13(2)11-19(5)12-16-9-15(10-18-14(3)4)7-8-17(16)20-6/h7-9,13-14,18H,10-12H2,1-6H3. The lowest BCUT2D eigenvalue weighted by Crippen LogP contribution is -2.24. The van der Waals surface area contributed by atoms with Gasteiger partial charge >= 0.3 is 0 Å². The van der Waals surface area contributed by atoms with Gasteiger partial charge in [-0.05, 0) is 30.7 Å². The molecule has 114 valence electrons. The van der Waals surface area contributed by atoms with Crippen molar-refractivity contribution in [1.29, 1.82) is 0 Å². The molecule has 0 saturated carbocycles. The summed E-state index contributed by atoms with van der Waals surface area (Å²) in [5, 5.41) is 3.46. The van der Waals surface area contributed by atoms with E-state index in [-0.39, 0.29) is 0 Å². The lowest BCUT2D eigenvalue weighted by atomic mass is 10.1. The molecule has 0 spiro atoms. The number of ether oxygens (including phenoxy) is 1. The first-order valence-corrected chi connectivity index (χ1v) is 7.50. The zero-order chi connectivity index (χ0) is 15.1. The van der Waals surface area contributed by atoms with Gasteiger partial charge in [0, 0.05) is 31.2 Å². The Morgan fingerprint density at radius 3 is 2.45 bits per heavy atom. The van der Waals surface area contributed by atoms with Crippen molar-refractivity contribution in [2.45, 2.75) is 46.8 Å². The Morgan fingerprint density at radius 1 is 1.20 bits per heavy atom. The predicted octanol–water partition coefficient (Wildman–Crippen LogP) is 3.28. The maximum Gasteiger partial charge on any atom is 0.123 e. The van der Waals surface area contributed by atoms with Crippen LogP contribution < -0.4 is 10.1 Å². The van der Waals surface area contributed by atoms with Crippen LogP contribution in [0, 0.1) is 5.92 Å². The van der Waals surface area contributed by atoms with E-state index in [2.05, 4.69) is 63.2 Å². The monoisotopic (exact) mass is 278 g/mol. The van der Waals surface area contributed by atoms with Crippen LogP contribution in [0.2, 0.25) is 0 Å². The highest BCUT2D eigenvalue weighted by atomic mass is 16.5. The first kappa shape index (κ1) is 17.0. The third-order valence-electron chi connectivity index (χ3n) is 3.18. The highest BCUT2D eigenvalue weighted by Crippen LogP contribution is 2.21. The third kappa shape index (κ3) is 5.93. The van der Waals surface area contributed by atoms with Crippen molar-refractivity contribution >= 4 is 0 Å². The minimum Gasteiger partial charge on any atom is -0.496 e. The summed E-state index contributed by atoms with van der Waals surface area (Å²) >= 11 is 0. The van der Waals surface area contributed by atoms with Gasteiger partial charge in [-0.2, -0.15) is 0 Å². The van der Waals surface area contributed by atoms with Crippen LogP contribution in [0.1, 0.15) is 38.8 Å². The fraction of sp³-hybridized carbons (Fsp3) is 0.647. The molecule has 0 aliphatic heterocycles. The van der Waals surface area contributed by atoms with Crippen LogP contribution in [0.25, 0.3) is 0 Å². The zero-order valence-electron chi connectivity index (χ0n) is 13.9. The van der Waals surface area contributed by atoms with Crippen LogP contribution in [0.5, 0.6) is 5.75 Å². The summed E-state index contributed by atoms with van der Waals surface area (Å²) in [6.07, 6.45) is 0. The van der Waals surface area contributed by atoms with Crippen LogP contribution >= 0.6 is 0 Å². The molecule has 3 nitrogen and oxygen atoms in total. The van der Waals surface area contributed by atoms with E-state index < -0.39 is 0 Å². The number of rotatable bonds is 8. The van der Waals surface area contributed by atoms with Crippen LogP contribution in [-0.4, -0.2) is 31.6 Å². The Kier molecular flexibility index (Phi) is 7.03. The third-order valence-corrected chi connectivity index (χ3v) is 3.18. The van der Waals surface area contributed by atoms with Gasteiger partial charge in [-0.25, -0.2) is 0 Å². The van der Waals surface area contributed by atoms with Crippen molar-refractivity contribution in [2.24, 2.45) is 5.92 Å². The van der Waals surface area contributed by atoms with Crippen molar-refractivity contribution in [3.63, 3.8) is 0 Å². The SMILES string of the molecule is COc1ccc(CNC(C)C)cc1CN(C)CC(C)C. The Hall–Kier alpha value is -1.06. The number of hydrogen-bond donors (Lipinski definition) is 1. The summed E-state index contributed by atoms with van der Waals surface area (Å²) in [4.78, 5) is 2.35. The van der Waals surface area contributed by atoms with E-state index in [9.17, 15) is 0 Å². The summed E-state index contributed by atoms with van der Waals surface area (Å²) in [7, 11) is 3.91. The maximum absolute atomic E-state index is 5.48. The number of methoxy groups -OCH3 is 1. The Bertz CT molecular complexity index is 402. The van der Waals surface area contributed by atoms with E-state index in [1.165, 1.54) is 11.1 Å². The minimum absolute atomic E-state index is 0.504. The second-order valence-corrected chi connectivity index (χ2v) is 6.27. The zero-order valence-corrected chi connectivity index (χ0v) is 13.9. The smallest absolute Gasteiger partial charge is 0.123 e. The highest BCUT2D eigenvalue weighted by molar-refractivity contribution is 5.37. The topological polar surface area (TPSA) is 24.5 Å². The molecule has 3 heteroatoms. The normalized spacial score (nSPS) is 11.7. The second-order valence-electron chi connectivity index (χ2n) is 6.27. The van der Waals surface area contributed by atoms with E-state index in [1.54, 1.807) is 7.11 Å². The van der Waals surface area contributed by atoms with Gasteiger partial charge in [0.15, 0.2) is 0 Å². The van der Waals surface area contributed by atoms with Gasteiger partial charge < -0.3 is 15.0 Å². The molecule has 1 rings (SSSR count). The van der Waals surface area contributed by atoms with Gasteiger partial charge in [-0.15, -0.1) is 0 Å². The highest BCUT2D eigenvalue weighted by Gasteiger charge is 2.09. The van der Waals surface area contributed by atoms with Gasteiger partial charge in [0.2, 0.25) is 0 Å². The molecule has 0 unspecified atom stereocenters. The predicted molar refractivity (Wildman–Crippen MR) is 86.1 cm³/mol. The molecular weight excluding hydrogens is 248 g/mol. The van der Waals surface area contributed by atoms with E-state index in [0.29, 0.717) is 12.0 Å². The van der Waals surface area contributed by atoms with Crippen LogP contribution in [0.3, 0.4) is 0 Å². The molecule has 0 aliphatic carbocycles. The molecule has 1 aromatic rings. The van der Waals surface area contributed by atoms with E-state index in [4.69, 9.17) is 4.74 Å². The van der Waals surface area contributed by atoms with Gasteiger partial charge in [-0.1, -0.05) is 33.8 Å². The molecule has 0 amide bonds. The number of nitrogens with zero attached hydrogens (tertiary/aromatic N) is 1. The number of benzene rings is 1. The maximum atomic E-state index is 5.48. The van der Waals surface area contributed by atoms with Gasteiger partial charge in [0.05, 0.1) is 7.11 Å². The van der Waals surface area contributed by atoms with E-state index in [0.717, 1.165) is 25.4 Å². The lowest BCUT2D eigenvalue weighted by Gasteiger charge is -2.21. The molecule has 0 bridgehead atoms. The van der Waals surface area contributed by atoms with E-state index >= 15 is 0 Å². The Morgan fingerprint density at radius 2 is 1.90 bits per heavy atom. The molecule has 0 aromatic heterocycles. The van der Waals surface area contributed by atoms with Crippen LogP contribution in [0.4, 0.5) is 0 Å². The Balaban J connectivity index is 2.77. The molecule has 20 heavy (non-hydrogen) atoms. The summed E-state index contributed by atoms with van der Waals surface area (Å²) in [6, 6.07) is 6.98. The van der Waals surface area contributed by atoms with Crippen molar-refractivity contribution < 1.29 is 4.74 Å². The first-order valence-electron chi connectivity index (χ1n) is 7.50. The first-order chi connectivity index (χ1) is 9.42. The molecule has 0 saturated heterocycles. The fourth-order valence-corrected chi connectivity index (χ4v) is 2.37. The summed E-state index contributed by atoms with van der Waals surface area (Å²) < 4.78 is 5.48. The van der Waals surface area contributed by atoms with Gasteiger partial charge in [-0.3, -0.25) is 0 Å². The van der Waals surface area contributed by atoms with E-state index in [1.807, 2.05) is 0 Å². The van der Waals surface area contributed by atoms with Crippen molar-refractivity contribution in [2.75, 3.05) is 20.7 Å². The van der Waals surface area contributed by atoms with Crippen molar-refractivity contribution in [3.8, 4) is 5.75 Å². The molecule has 0 fully saturated rings. The molecule has 1 N–H and O–H groups in total. The lowest BCUT2D eigenvalue weighted by molar-refractivity contribution is 0.283. The summed E-state index contributed by atoms with van der Waals surface area (Å²) in [5.41, 5.74) is 2.58. The van der Waals surface area contributed by atoms with Crippen molar-refractivity contribution in [3.05, 3.63) is 29.3 Å². The average molecular weight is 278 g/mol. The average Bonchev–Trinajstić information content (AvgIpc) is 2.35. The van der Waals surface area contributed by atoms with Crippen LogP contribution in [0.15, 0.2) is 18.2 Å². The number of hydrogen-bond acceptors (Lipinski definition) is 3. The minimum atomic E-state index is 0.504. The van der Waals surface area contributed by atoms with Gasteiger partial charge in [0.1, 0.15) is 5.75 Å². The largest absolute Gasteiger partial charge is 0.496 e. The quantitative estimate of drug-likeness (QED) is 0.790. The summed E-state index contributed by atoms with van der Waals surface area (Å²) in [6.45, 7) is 11.8. The Labute approximate surface area is 124 Å². The molecule has 0 aliphatic rings. The molecule has 0 heterocycles. The molecule has 0 radical (unpaired) electrons. The fourth-order valence-electron chi connectivity index (χ4n) is 2.37. The second kappa shape index (κ2) is 8.28. The summed E-state index contributed by atoms with van der Waals surface area (Å²) in [5.74, 6) is 1.66. The van der Waals surface area contributed by atoms with Crippen molar-refractivity contribution in [1.82, 2.24) is 10.2 Å².